The Hall–Kier alpha value is -4.01. The molecule has 0 bridgehead atoms. The number of nitrogens with one attached hydrogen (secondary N) is 2. The van der Waals surface area contributed by atoms with Crippen LogP contribution in [-0.4, -0.2) is 61.1 Å². The second-order valence-corrected chi connectivity index (χ2v) is 8.63. The first kappa shape index (κ1) is 23.2. The molecule has 0 spiro atoms. The second kappa shape index (κ2) is 9.46. The topological polar surface area (TPSA) is 116 Å². The third-order valence-electron chi connectivity index (χ3n) is 6.06. The number of imide groups is 2. The largest absolute Gasteiger partial charge is 0.378 e. The number of benzene rings is 2. The van der Waals surface area contributed by atoms with Gasteiger partial charge in [-0.2, -0.15) is 0 Å². The second-order valence-electron chi connectivity index (χ2n) is 8.63. The molecule has 4 rings (SSSR count). The van der Waals surface area contributed by atoms with Gasteiger partial charge in [0.2, 0.25) is 11.8 Å². The van der Waals surface area contributed by atoms with Crippen LogP contribution in [0.4, 0.5) is 5.69 Å². The highest BCUT2D eigenvalue weighted by atomic mass is 16.2. The van der Waals surface area contributed by atoms with Crippen molar-refractivity contribution in [1.82, 2.24) is 15.5 Å². The first-order valence-electron chi connectivity index (χ1n) is 11.2. The van der Waals surface area contributed by atoms with Crippen molar-refractivity contribution in [3.8, 4) is 0 Å². The predicted octanol–water partition coefficient (Wildman–Crippen LogP) is 1.52. The Labute approximate surface area is 197 Å². The summed E-state index contributed by atoms with van der Waals surface area (Å²) >= 11 is 0. The number of carbonyl (C=O) groups is 5. The summed E-state index contributed by atoms with van der Waals surface area (Å²) in [5.41, 5.74) is 2.90. The van der Waals surface area contributed by atoms with Gasteiger partial charge in [0.15, 0.2) is 0 Å². The van der Waals surface area contributed by atoms with Crippen molar-refractivity contribution in [2.45, 2.75) is 31.7 Å². The van der Waals surface area contributed by atoms with Crippen LogP contribution in [0.5, 0.6) is 0 Å². The maximum Gasteiger partial charge on any atom is 0.262 e. The molecule has 0 aliphatic carbocycles. The standard InChI is InChI=1S/C25H26N4O5/c1-28(2)17-7-3-6-16(14-17)22(31)26-12-4-5-15-8-9-18-19(13-15)25(34)29(24(18)33)20-10-11-21(30)27-23(20)32/h3,6-9,13-14,20H,4-5,10-12H2,1-2H3,(H,26,31)(H,27,30,32). The van der Waals surface area contributed by atoms with Crippen molar-refractivity contribution in [2.24, 2.45) is 0 Å². The zero-order valence-corrected chi connectivity index (χ0v) is 19.1. The van der Waals surface area contributed by atoms with Gasteiger partial charge in [0.25, 0.3) is 17.7 Å². The van der Waals surface area contributed by atoms with Gasteiger partial charge < -0.3 is 10.2 Å². The minimum Gasteiger partial charge on any atom is -0.378 e. The van der Waals surface area contributed by atoms with Crippen LogP contribution in [0.2, 0.25) is 0 Å². The van der Waals surface area contributed by atoms with E-state index >= 15 is 0 Å². The number of aryl methyl sites for hydroxylation is 1. The third kappa shape index (κ3) is 4.54. The van der Waals surface area contributed by atoms with Crippen molar-refractivity contribution in [3.63, 3.8) is 0 Å². The zero-order valence-electron chi connectivity index (χ0n) is 19.1. The summed E-state index contributed by atoms with van der Waals surface area (Å²) in [6, 6.07) is 11.4. The molecule has 5 amide bonds. The Morgan fingerprint density at radius 2 is 1.82 bits per heavy atom. The molecule has 1 saturated heterocycles. The highest BCUT2D eigenvalue weighted by Gasteiger charge is 2.44. The molecule has 176 valence electrons. The summed E-state index contributed by atoms with van der Waals surface area (Å²) in [6.45, 7) is 0.456. The highest BCUT2D eigenvalue weighted by Crippen LogP contribution is 2.28. The maximum atomic E-state index is 12.9. The van der Waals surface area contributed by atoms with Crippen LogP contribution in [0.15, 0.2) is 42.5 Å². The van der Waals surface area contributed by atoms with Crippen molar-refractivity contribution < 1.29 is 24.0 Å². The van der Waals surface area contributed by atoms with Gasteiger partial charge in [-0.25, -0.2) is 0 Å². The smallest absolute Gasteiger partial charge is 0.262 e. The Morgan fingerprint density at radius 1 is 1.06 bits per heavy atom. The number of nitrogens with zero attached hydrogens (tertiary/aromatic N) is 2. The molecule has 1 unspecified atom stereocenters. The molecule has 1 fully saturated rings. The van der Waals surface area contributed by atoms with Crippen molar-refractivity contribution >= 4 is 35.2 Å². The first-order chi connectivity index (χ1) is 16.3. The molecule has 9 heteroatoms. The summed E-state index contributed by atoms with van der Waals surface area (Å²) < 4.78 is 0. The number of rotatable bonds is 7. The zero-order chi connectivity index (χ0) is 24.4. The summed E-state index contributed by atoms with van der Waals surface area (Å²) in [4.78, 5) is 64.6. The monoisotopic (exact) mass is 462 g/mol. The summed E-state index contributed by atoms with van der Waals surface area (Å²) in [5, 5.41) is 5.09. The molecule has 2 heterocycles. The lowest BCUT2D eigenvalue weighted by Gasteiger charge is -2.27. The lowest BCUT2D eigenvalue weighted by atomic mass is 10.0. The molecule has 9 nitrogen and oxygen atoms in total. The van der Waals surface area contributed by atoms with E-state index in [-0.39, 0.29) is 29.9 Å². The minimum absolute atomic E-state index is 0.0836. The molecule has 0 saturated carbocycles. The fraction of sp³-hybridized carbons (Fsp3) is 0.320. The average molecular weight is 463 g/mol. The normalized spacial score (nSPS) is 17.5. The molecule has 2 aromatic rings. The van der Waals surface area contributed by atoms with Crippen molar-refractivity contribution in [3.05, 3.63) is 64.7 Å². The van der Waals surface area contributed by atoms with E-state index in [0.717, 1.165) is 16.2 Å². The van der Waals surface area contributed by atoms with E-state index in [2.05, 4.69) is 10.6 Å². The number of anilines is 1. The van der Waals surface area contributed by atoms with Crippen LogP contribution in [0.3, 0.4) is 0 Å². The number of piperidine rings is 1. The third-order valence-corrected chi connectivity index (χ3v) is 6.06. The van der Waals surface area contributed by atoms with Gasteiger partial charge in [0.05, 0.1) is 11.1 Å². The van der Waals surface area contributed by atoms with Crippen molar-refractivity contribution in [1.29, 1.82) is 0 Å². The van der Waals surface area contributed by atoms with Crippen LogP contribution in [0.1, 0.15) is 55.9 Å². The maximum absolute atomic E-state index is 12.9. The van der Waals surface area contributed by atoms with E-state index in [1.54, 1.807) is 24.3 Å². The van der Waals surface area contributed by atoms with Gasteiger partial charge in [-0.3, -0.25) is 34.2 Å². The van der Waals surface area contributed by atoms with Crippen LogP contribution in [0, 0.1) is 0 Å². The fourth-order valence-electron chi connectivity index (χ4n) is 4.20. The molecular weight excluding hydrogens is 436 g/mol. The van der Waals surface area contributed by atoms with Gasteiger partial charge in [0.1, 0.15) is 6.04 Å². The quantitative estimate of drug-likeness (QED) is 0.476. The summed E-state index contributed by atoms with van der Waals surface area (Å²) in [7, 11) is 3.83. The molecule has 0 radical (unpaired) electrons. The van der Waals surface area contributed by atoms with E-state index in [4.69, 9.17) is 0 Å². The van der Waals surface area contributed by atoms with E-state index < -0.39 is 29.7 Å². The van der Waals surface area contributed by atoms with Gasteiger partial charge in [-0.05, 0) is 55.2 Å². The lowest BCUT2D eigenvalue weighted by Crippen LogP contribution is -2.54. The molecule has 2 aliphatic heterocycles. The predicted molar refractivity (Wildman–Crippen MR) is 125 cm³/mol. The van der Waals surface area contributed by atoms with Gasteiger partial charge in [0, 0.05) is 38.3 Å². The van der Waals surface area contributed by atoms with Gasteiger partial charge in [-0.15, -0.1) is 0 Å². The summed E-state index contributed by atoms with van der Waals surface area (Å²) in [6.07, 6.45) is 1.46. The van der Waals surface area contributed by atoms with E-state index in [1.165, 1.54) is 0 Å². The highest BCUT2D eigenvalue weighted by molar-refractivity contribution is 6.23. The number of amides is 5. The number of hydrogen-bond donors (Lipinski definition) is 2. The number of carbonyl (C=O) groups excluding carboxylic acids is 5. The average Bonchev–Trinajstić information content (AvgIpc) is 3.06. The van der Waals surface area contributed by atoms with Gasteiger partial charge in [-0.1, -0.05) is 12.1 Å². The molecule has 2 aliphatic rings. The van der Waals surface area contributed by atoms with Crippen LogP contribution >= 0.6 is 0 Å². The van der Waals surface area contributed by atoms with Gasteiger partial charge >= 0.3 is 0 Å². The van der Waals surface area contributed by atoms with Crippen LogP contribution in [-0.2, 0) is 16.0 Å². The molecule has 0 aromatic heterocycles. The number of fused-ring (bicyclic) bond motifs is 1. The minimum atomic E-state index is -0.977. The Bertz CT molecular complexity index is 1190. The van der Waals surface area contributed by atoms with Crippen LogP contribution < -0.4 is 15.5 Å². The fourth-order valence-corrected chi connectivity index (χ4v) is 4.20. The Morgan fingerprint density at radius 3 is 2.56 bits per heavy atom. The molecule has 2 N–H and O–H groups in total. The Balaban J connectivity index is 1.35. The Kier molecular flexibility index (Phi) is 6.45. The first-order valence-corrected chi connectivity index (χ1v) is 11.2. The molecule has 2 aromatic carbocycles. The lowest BCUT2D eigenvalue weighted by molar-refractivity contribution is -0.136. The summed E-state index contributed by atoms with van der Waals surface area (Å²) in [5.74, 6) is -2.23. The number of hydrogen-bond acceptors (Lipinski definition) is 6. The van der Waals surface area contributed by atoms with Crippen molar-refractivity contribution in [2.75, 3.05) is 25.5 Å². The molecular formula is C25H26N4O5. The van der Waals surface area contributed by atoms with E-state index in [1.807, 2.05) is 37.2 Å². The van der Waals surface area contributed by atoms with E-state index in [9.17, 15) is 24.0 Å². The van der Waals surface area contributed by atoms with E-state index in [0.29, 0.717) is 24.9 Å². The molecule has 1 atom stereocenters. The molecule has 34 heavy (non-hydrogen) atoms. The van der Waals surface area contributed by atoms with Crippen LogP contribution in [0.25, 0.3) is 0 Å². The SMILES string of the molecule is CN(C)c1cccc(C(=O)NCCCc2ccc3c(c2)C(=O)N(C2CCC(=O)NC2=O)C3=O)c1.